The van der Waals surface area contributed by atoms with Gasteiger partial charge in [0.05, 0.1) is 20.6 Å². The number of thioether (sulfide) groups is 1. The third kappa shape index (κ3) is 6.11. The number of sulfonamides is 1. The van der Waals surface area contributed by atoms with Crippen LogP contribution < -0.4 is 9.62 Å². The number of rotatable bonds is 8. The Labute approximate surface area is 198 Å². The number of hydrogen-bond donors (Lipinski definition) is 1. The normalized spacial score (nSPS) is 11.5. The summed E-state index contributed by atoms with van der Waals surface area (Å²) in [5, 5.41) is 11.6. The zero-order chi connectivity index (χ0) is 22.6. The number of aromatic nitrogens is 2. The summed E-state index contributed by atoms with van der Waals surface area (Å²) in [5.74, 6) is -0.567. The van der Waals surface area contributed by atoms with E-state index < -0.39 is 22.5 Å². The van der Waals surface area contributed by atoms with E-state index >= 15 is 0 Å². The van der Waals surface area contributed by atoms with Gasteiger partial charge in [-0.15, -0.1) is 10.2 Å². The van der Waals surface area contributed by atoms with Crippen molar-refractivity contribution in [3.05, 3.63) is 58.6 Å². The van der Waals surface area contributed by atoms with Crippen molar-refractivity contribution < 1.29 is 13.2 Å². The van der Waals surface area contributed by atoms with Crippen molar-refractivity contribution in [1.82, 2.24) is 10.2 Å². The van der Waals surface area contributed by atoms with E-state index in [1.165, 1.54) is 53.4 Å². The van der Waals surface area contributed by atoms with Gasteiger partial charge >= 0.3 is 0 Å². The molecule has 2 aromatic carbocycles. The van der Waals surface area contributed by atoms with Crippen molar-refractivity contribution >= 4 is 73.0 Å². The molecule has 0 saturated heterocycles. The maximum atomic E-state index is 13.3. The summed E-state index contributed by atoms with van der Waals surface area (Å²) in [4.78, 5) is 12.8. The van der Waals surface area contributed by atoms with Crippen molar-refractivity contribution in [2.24, 2.45) is 0 Å². The quantitative estimate of drug-likeness (QED) is 0.327. The minimum atomic E-state index is -4.05. The first-order valence-electron chi connectivity index (χ1n) is 8.99. The second kappa shape index (κ2) is 10.2. The molecule has 0 aliphatic heterocycles. The van der Waals surface area contributed by atoms with Crippen LogP contribution in [-0.2, 0) is 14.8 Å². The van der Waals surface area contributed by atoms with Crippen LogP contribution in [0.3, 0.4) is 0 Å². The lowest BCUT2D eigenvalue weighted by Gasteiger charge is -2.24. The van der Waals surface area contributed by atoms with Gasteiger partial charge < -0.3 is 0 Å². The van der Waals surface area contributed by atoms with Gasteiger partial charge in [0, 0.05) is 5.25 Å². The first-order valence-corrected chi connectivity index (χ1v) is 12.9. The number of halogens is 2. The Balaban J connectivity index is 1.88. The molecule has 0 aliphatic carbocycles. The number of anilines is 2. The summed E-state index contributed by atoms with van der Waals surface area (Å²) < 4.78 is 28.3. The van der Waals surface area contributed by atoms with Gasteiger partial charge in [-0.2, -0.15) is 0 Å². The second-order valence-corrected chi connectivity index (χ2v) is 12.0. The predicted octanol–water partition coefficient (Wildman–Crippen LogP) is 5.18. The molecule has 0 aliphatic rings. The molecule has 1 heterocycles. The van der Waals surface area contributed by atoms with Crippen LogP contribution in [0.4, 0.5) is 10.8 Å². The molecule has 0 radical (unpaired) electrons. The fourth-order valence-corrected chi connectivity index (χ4v) is 6.19. The number of nitrogens with zero attached hydrogens (tertiary/aromatic N) is 3. The Morgan fingerprint density at radius 1 is 1.13 bits per heavy atom. The summed E-state index contributed by atoms with van der Waals surface area (Å²) in [6.45, 7) is 3.56. The lowest BCUT2D eigenvalue weighted by atomic mass is 10.3. The van der Waals surface area contributed by atoms with E-state index in [1.54, 1.807) is 18.2 Å². The first-order chi connectivity index (χ1) is 14.7. The lowest BCUT2D eigenvalue weighted by Crippen LogP contribution is -2.38. The molecule has 164 valence electrons. The van der Waals surface area contributed by atoms with Gasteiger partial charge in [0.15, 0.2) is 4.34 Å². The summed E-state index contributed by atoms with van der Waals surface area (Å²) in [6, 6.07) is 12.2. The molecule has 31 heavy (non-hydrogen) atoms. The molecule has 7 nitrogen and oxygen atoms in total. The highest BCUT2D eigenvalue weighted by Crippen LogP contribution is 2.31. The molecule has 0 bridgehead atoms. The van der Waals surface area contributed by atoms with Crippen LogP contribution in [0.25, 0.3) is 0 Å². The average Bonchev–Trinajstić information content (AvgIpc) is 3.14. The fourth-order valence-electron chi connectivity index (χ4n) is 2.47. The lowest BCUT2D eigenvalue weighted by molar-refractivity contribution is -0.114. The summed E-state index contributed by atoms with van der Waals surface area (Å²) in [6.07, 6.45) is 0. The van der Waals surface area contributed by atoms with E-state index in [1.807, 2.05) is 13.8 Å². The van der Waals surface area contributed by atoms with Gasteiger partial charge in [-0.05, 0) is 30.3 Å². The monoisotopic (exact) mass is 516 g/mol. The highest BCUT2D eigenvalue weighted by atomic mass is 35.5. The minimum Gasteiger partial charge on any atom is -0.299 e. The maximum absolute atomic E-state index is 13.3. The second-order valence-electron chi connectivity index (χ2n) is 6.51. The van der Waals surface area contributed by atoms with Gasteiger partial charge in [-0.1, -0.05) is 78.3 Å². The average molecular weight is 517 g/mol. The highest BCUT2D eigenvalue weighted by Gasteiger charge is 2.28. The van der Waals surface area contributed by atoms with E-state index in [-0.39, 0.29) is 20.6 Å². The molecule has 12 heteroatoms. The Hall–Kier alpha value is -1.85. The molecule has 1 N–H and O–H groups in total. The van der Waals surface area contributed by atoms with Gasteiger partial charge in [-0.25, -0.2) is 8.42 Å². The number of hydrogen-bond acceptors (Lipinski definition) is 7. The number of carbonyl (C=O) groups is 1. The standard InChI is InChI=1S/C19H18Cl2N4O3S3/c1-12(2)29-19-24-23-18(30-19)22-17(26)11-25(13-8-9-15(20)16(21)10-13)31(27,28)14-6-4-3-5-7-14/h3-10,12H,11H2,1-2H3,(H,22,23,26). The molecule has 3 rings (SSSR count). The van der Waals surface area contributed by atoms with E-state index in [0.29, 0.717) is 14.7 Å². The topological polar surface area (TPSA) is 92.3 Å². The molecule has 0 saturated carbocycles. The molecule has 1 aromatic heterocycles. The van der Waals surface area contributed by atoms with Crippen LogP contribution in [0, 0.1) is 0 Å². The fraction of sp³-hybridized carbons (Fsp3) is 0.211. The van der Waals surface area contributed by atoms with Crippen LogP contribution in [0.2, 0.25) is 10.0 Å². The number of carbonyl (C=O) groups excluding carboxylic acids is 1. The van der Waals surface area contributed by atoms with E-state index in [9.17, 15) is 13.2 Å². The van der Waals surface area contributed by atoms with Crippen LogP contribution in [0.15, 0.2) is 57.8 Å². The summed E-state index contributed by atoms with van der Waals surface area (Å²) in [5.41, 5.74) is 0.210. The van der Waals surface area contributed by atoms with Crippen LogP contribution in [0.1, 0.15) is 13.8 Å². The zero-order valence-corrected chi connectivity index (χ0v) is 20.4. The largest absolute Gasteiger partial charge is 0.299 e. The Kier molecular flexibility index (Phi) is 7.82. The van der Waals surface area contributed by atoms with E-state index in [2.05, 4.69) is 15.5 Å². The molecule has 3 aromatic rings. The van der Waals surface area contributed by atoms with Gasteiger partial charge in [0.1, 0.15) is 6.54 Å². The predicted molar refractivity (Wildman–Crippen MR) is 127 cm³/mol. The molecule has 1 amide bonds. The molecule has 0 unspecified atom stereocenters. The minimum absolute atomic E-state index is 0.0420. The molecule has 0 atom stereocenters. The van der Waals surface area contributed by atoms with E-state index in [4.69, 9.17) is 23.2 Å². The van der Waals surface area contributed by atoms with Crippen LogP contribution in [0.5, 0.6) is 0 Å². The first kappa shape index (κ1) is 23.8. The smallest absolute Gasteiger partial charge is 0.264 e. The van der Waals surface area contributed by atoms with Crippen molar-refractivity contribution in [3.8, 4) is 0 Å². The molecule has 0 fully saturated rings. The van der Waals surface area contributed by atoms with Gasteiger partial charge in [-0.3, -0.25) is 14.4 Å². The Morgan fingerprint density at radius 3 is 2.48 bits per heavy atom. The third-order valence-corrected chi connectivity index (χ3v) is 8.25. The number of nitrogens with one attached hydrogen (secondary N) is 1. The number of benzene rings is 2. The third-order valence-electron chi connectivity index (χ3n) is 3.80. The summed E-state index contributed by atoms with van der Waals surface area (Å²) >= 11 is 14.8. The Bertz CT molecular complexity index is 1170. The van der Waals surface area contributed by atoms with Gasteiger partial charge in [0.25, 0.3) is 10.0 Å². The molecule has 0 spiro atoms. The SMILES string of the molecule is CC(C)Sc1nnc(NC(=O)CN(c2ccc(Cl)c(Cl)c2)S(=O)(=O)c2ccccc2)s1. The molecular formula is C19H18Cl2N4O3S3. The highest BCUT2D eigenvalue weighted by molar-refractivity contribution is 8.01. The number of amides is 1. The van der Waals surface area contributed by atoms with Crippen molar-refractivity contribution in [2.75, 3.05) is 16.2 Å². The van der Waals surface area contributed by atoms with Crippen molar-refractivity contribution in [3.63, 3.8) is 0 Å². The van der Waals surface area contributed by atoms with Crippen molar-refractivity contribution in [1.29, 1.82) is 0 Å². The van der Waals surface area contributed by atoms with Crippen LogP contribution >= 0.6 is 46.3 Å². The van der Waals surface area contributed by atoms with Crippen molar-refractivity contribution in [2.45, 2.75) is 28.3 Å². The van der Waals surface area contributed by atoms with Crippen LogP contribution in [-0.4, -0.2) is 36.3 Å². The van der Waals surface area contributed by atoms with E-state index in [0.717, 1.165) is 4.31 Å². The maximum Gasteiger partial charge on any atom is 0.264 e. The molecular weight excluding hydrogens is 499 g/mol. The Morgan fingerprint density at radius 2 is 1.84 bits per heavy atom. The summed E-state index contributed by atoms with van der Waals surface area (Å²) in [7, 11) is -4.05. The van der Waals surface area contributed by atoms with Gasteiger partial charge in [0.2, 0.25) is 11.0 Å². The zero-order valence-electron chi connectivity index (χ0n) is 16.5.